The number of hydrogen-bond acceptors (Lipinski definition) is 4. The van der Waals surface area contributed by atoms with Gasteiger partial charge in [0.2, 0.25) is 5.91 Å². The van der Waals surface area contributed by atoms with Crippen LogP contribution in [0.15, 0.2) is 42.7 Å². The second-order valence-electron chi connectivity index (χ2n) is 5.56. The van der Waals surface area contributed by atoms with Crippen molar-refractivity contribution in [2.24, 2.45) is 0 Å². The third-order valence-electron chi connectivity index (χ3n) is 3.63. The molecule has 0 unspecified atom stereocenters. The molecular weight excluding hydrogens is 306 g/mol. The van der Waals surface area contributed by atoms with Crippen LogP contribution in [-0.2, 0) is 4.79 Å². The summed E-state index contributed by atoms with van der Waals surface area (Å²) in [6.07, 6.45) is 3.23. The first-order valence-corrected chi connectivity index (χ1v) is 7.44. The average Bonchev–Trinajstić information content (AvgIpc) is 3.02. The van der Waals surface area contributed by atoms with Crippen LogP contribution in [0.5, 0.6) is 0 Å². The summed E-state index contributed by atoms with van der Waals surface area (Å²) in [6.45, 7) is 1.85. The average molecular weight is 323 g/mol. The molecule has 3 aromatic rings. The summed E-state index contributed by atoms with van der Waals surface area (Å²) < 4.78 is 0. The maximum absolute atomic E-state index is 12.6. The number of carbonyl (C=O) groups excluding carboxylic acids is 2. The smallest absolute Gasteiger partial charge is 0.254 e. The molecule has 2 amide bonds. The minimum Gasteiger partial charge on any atom is -0.332 e. The summed E-state index contributed by atoms with van der Waals surface area (Å²) >= 11 is 0. The molecule has 0 spiro atoms. The van der Waals surface area contributed by atoms with E-state index in [4.69, 9.17) is 0 Å². The fraction of sp³-hybridized carbons (Fsp3) is 0.176. The Kier molecular flexibility index (Phi) is 4.24. The lowest BCUT2D eigenvalue weighted by Gasteiger charge is -2.17. The van der Waals surface area contributed by atoms with Crippen molar-refractivity contribution in [3.8, 4) is 0 Å². The van der Waals surface area contributed by atoms with Gasteiger partial charge in [-0.3, -0.25) is 14.7 Å². The van der Waals surface area contributed by atoms with E-state index < -0.39 is 0 Å². The van der Waals surface area contributed by atoms with E-state index in [2.05, 4.69) is 20.5 Å². The van der Waals surface area contributed by atoms with Crippen molar-refractivity contribution in [1.29, 1.82) is 0 Å². The highest BCUT2D eigenvalue weighted by molar-refractivity contribution is 6.07. The fourth-order valence-electron chi connectivity index (χ4n) is 2.43. The van der Waals surface area contributed by atoms with Gasteiger partial charge in [0.15, 0.2) is 0 Å². The van der Waals surface area contributed by atoms with Crippen molar-refractivity contribution in [3.63, 3.8) is 0 Å². The molecule has 0 saturated carbocycles. The Morgan fingerprint density at radius 3 is 2.92 bits per heavy atom. The Labute approximate surface area is 138 Å². The molecule has 2 N–H and O–H groups in total. The molecule has 3 rings (SSSR count). The SMILES string of the molecule is Cc1ccnc(NC(=O)CN(C)C(=O)c2cccc3[nH]ncc23)c1. The lowest BCUT2D eigenvalue weighted by atomic mass is 10.1. The van der Waals surface area contributed by atoms with E-state index in [1.165, 1.54) is 4.90 Å². The van der Waals surface area contributed by atoms with Gasteiger partial charge in [-0.05, 0) is 36.8 Å². The van der Waals surface area contributed by atoms with E-state index >= 15 is 0 Å². The number of fused-ring (bicyclic) bond motifs is 1. The number of nitrogens with zero attached hydrogens (tertiary/aromatic N) is 3. The van der Waals surface area contributed by atoms with E-state index in [0.29, 0.717) is 11.4 Å². The standard InChI is InChI=1S/C17H17N5O2/c1-11-6-7-18-15(8-11)20-16(23)10-22(2)17(24)12-4-3-5-14-13(12)9-19-21-14/h3-9H,10H2,1-2H3,(H,19,21)(H,18,20,23). The number of hydrogen-bond donors (Lipinski definition) is 2. The topological polar surface area (TPSA) is 91.0 Å². The Morgan fingerprint density at radius 1 is 1.29 bits per heavy atom. The third kappa shape index (κ3) is 3.24. The molecule has 7 heteroatoms. The molecule has 0 saturated heterocycles. The van der Waals surface area contributed by atoms with Gasteiger partial charge < -0.3 is 10.2 Å². The van der Waals surface area contributed by atoms with Gasteiger partial charge in [0, 0.05) is 18.6 Å². The van der Waals surface area contributed by atoms with Gasteiger partial charge in [-0.15, -0.1) is 0 Å². The largest absolute Gasteiger partial charge is 0.332 e. The summed E-state index contributed by atoms with van der Waals surface area (Å²) in [6, 6.07) is 8.95. The Hall–Kier alpha value is -3.22. The molecule has 0 radical (unpaired) electrons. The van der Waals surface area contributed by atoms with Crippen molar-refractivity contribution in [3.05, 3.63) is 53.9 Å². The fourth-order valence-corrected chi connectivity index (χ4v) is 2.43. The number of benzene rings is 1. The number of aromatic nitrogens is 3. The molecule has 24 heavy (non-hydrogen) atoms. The predicted octanol–water partition coefficient (Wildman–Crippen LogP) is 1.98. The molecule has 0 bridgehead atoms. The quantitative estimate of drug-likeness (QED) is 0.768. The number of likely N-dealkylation sites (N-methyl/N-ethyl adjacent to an activating group) is 1. The summed E-state index contributed by atoms with van der Waals surface area (Å²) in [5.74, 6) is -0.0737. The van der Waals surface area contributed by atoms with Gasteiger partial charge in [-0.25, -0.2) is 4.98 Å². The molecule has 0 aliphatic rings. The minimum atomic E-state index is -0.302. The monoisotopic (exact) mass is 323 g/mol. The maximum atomic E-state index is 12.6. The highest BCUT2D eigenvalue weighted by Crippen LogP contribution is 2.17. The van der Waals surface area contributed by atoms with Gasteiger partial charge in [0.25, 0.3) is 5.91 Å². The van der Waals surface area contributed by atoms with Crippen LogP contribution in [0, 0.1) is 6.92 Å². The summed E-state index contributed by atoms with van der Waals surface area (Å²) in [7, 11) is 1.59. The number of amides is 2. The molecule has 7 nitrogen and oxygen atoms in total. The number of nitrogens with one attached hydrogen (secondary N) is 2. The van der Waals surface area contributed by atoms with Crippen LogP contribution in [0.4, 0.5) is 5.82 Å². The van der Waals surface area contributed by atoms with Gasteiger partial charge in [-0.1, -0.05) is 6.07 Å². The van der Waals surface area contributed by atoms with E-state index in [1.54, 1.807) is 37.6 Å². The highest BCUT2D eigenvalue weighted by Gasteiger charge is 2.18. The zero-order chi connectivity index (χ0) is 17.1. The van der Waals surface area contributed by atoms with Crippen molar-refractivity contribution >= 4 is 28.5 Å². The molecule has 0 atom stereocenters. The zero-order valence-corrected chi connectivity index (χ0v) is 13.4. The zero-order valence-electron chi connectivity index (χ0n) is 13.4. The minimum absolute atomic E-state index is 0.0668. The van der Waals surface area contributed by atoms with Crippen molar-refractivity contribution in [2.45, 2.75) is 6.92 Å². The van der Waals surface area contributed by atoms with E-state index in [1.807, 2.05) is 19.1 Å². The van der Waals surface area contributed by atoms with Gasteiger partial charge in [0.1, 0.15) is 5.82 Å². The first kappa shape index (κ1) is 15.7. The predicted molar refractivity (Wildman–Crippen MR) is 90.7 cm³/mol. The number of anilines is 1. The Bertz CT molecular complexity index is 903. The van der Waals surface area contributed by atoms with Gasteiger partial charge in [-0.2, -0.15) is 5.10 Å². The Morgan fingerprint density at radius 2 is 2.12 bits per heavy atom. The van der Waals surface area contributed by atoms with Crippen molar-refractivity contribution < 1.29 is 9.59 Å². The van der Waals surface area contributed by atoms with Crippen molar-refractivity contribution in [1.82, 2.24) is 20.1 Å². The Balaban J connectivity index is 1.70. The van der Waals surface area contributed by atoms with Crippen LogP contribution in [0.2, 0.25) is 0 Å². The number of aromatic amines is 1. The molecule has 0 aliphatic carbocycles. The second-order valence-corrected chi connectivity index (χ2v) is 5.56. The van der Waals surface area contributed by atoms with Crippen LogP contribution in [0.25, 0.3) is 10.9 Å². The molecular formula is C17H17N5O2. The van der Waals surface area contributed by atoms with E-state index in [-0.39, 0.29) is 18.4 Å². The molecule has 0 fully saturated rings. The number of carbonyl (C=O) groups is 2. The van der Waals surface area contributed by atoms with E-state index in [9.17, 15) is 9.59 Å². The van der Waals surface area contributed by atoms with Crippen LogP contribution >= 0.6 is 0 Å². The highest BCUT2D eigenvalue weighted by atomic mass is 16.2. The first-order chi connectivity index (χ1) is 11.5. The molecule has 2 aromatic heterocycles. The van der Waals surface area contributed by atoms with Gasteiger partial charge >= 0.3 is 0 Å². The van der Waals surface area contributed by atoms with E-state index in [0.717, 1.165) is 16.5 Å². The molecule has 1 aromatic carbocycles. The first-order valence-electron chi connectivity index (χ1n) is 7.44. The number of pyridine rings is 1. The molecule has 0 aliphatic heterocycles. The number of rotatable bonds is 4. The van der Waals surface area contributed by atoms with Crippen LogP contribution in [-0.4, -0.2) is 45.5 Å². The third-order valence-corrected chi connectivity index (χ3v) is 3.63. The summed E-state index contributed by atoms with van der Waals surface area (Å²) in [5.41, 5.74) is 2.28. The van der Waals surface area contributed by atoms with Crippen LogP contribution in [0.1, 0.15) is 15.9 Å². The molecule has 2 heterocycles. The van der Waals surface area contributed by atoms with Gasteiger partial charge in [0.05, 0.1) is 23.8 Å². The summed E-state index contributed by atoms with van der Waals surface area (Å²) in [5, 5.41) is 10.2. The lowest BCUT2D eigenvalue weighted by Crippen LogP contribution is -2.35. The maximum Gasteiger partial charge on any atom is 0.254 e. The normalized spacial score (nSPS) is 10.6. The second kappa shape index (κ2) is 6.49. The van der Waals surface area contributed by atoms with Crippen LogP contribution < -0.4 is 5.32 Å². The van der Waals surface area contributed by atoms with Crippen LogP contribution in [0.3, 0.4) is 0 Å². The summed E-state index contributed by atoms with van der Waals surface area (Å²) in [4.78, 5) is 30.2. The number of aryl methyl sites for hydroxylation is 1. The molecule has 122 valence electrons. The van der Waals surface area contributed by atoms with Crippen molar-refractivity contribution in [2.75, 3.05) is 18.9 Å². The lowest BCUT2D eigenvalue weighted by molar-refractivity contribution is -0.116. The number of H-pyrrole nitrogens is 1.